The van der Waals surface area contributed by atoms with Gasteiger partial charge in [-0.3, -0.25) is 4.84 Å². The van der Waals surface area contributed by atoms with Gasteiger partial charge >= 0.3 is 6.03 Å². The van der Waals surface area contributed by atoms with E-state index in [4.69, 9.17) is 4.74 Å². The highest BCUT2D eigenvalue weighted by atomic mass is 32.2. The molecule has 0 aliphatic heterocycles. The molecule has 7 nitrogen and oxygen atoms in total. The van der Waals surface area contributed by atoms with Crippen molar-refractivity contribution in [1.29, 1.82) is 0 Å². The van der Waals surface area contributed by atoms with Gasteiger partial charge in [0.15, 0.2) is 0 Å². The van der Waals surface area contributed by atoms with Crippen molar-refractivity contribution in [2.45, 2.75) is 11.8 Å². The average molecular weight is 288 g/mol. The zero-order valence-corrected chi connectivity index (χ0v) is 11.5. The minimum absolute atomic E-state index is 0.00476. The van der Waals surface area contributed by atoms with Crippen LogP contribution in [-0.2, 0) is 19.6 Å². The van der Waals surface area contributed by atoms with Crippen LogP contribution in [0.25, 0.3) is 0 Å². The van der Waals surface area contributed by atoms with E-state index in [0.717, 1.165) is 5.56 Å². The highest BCUT2D eigenvalue weighted by Gasteiger charge is 2.17. The van der Waals surface area contributed by atoms with E-state index in [0.29, 0.717) is 0 Å². The lowest BCUT2D eigenvalue weighted by atomic mass is 10.2. The minimum atomic E-state index is -3.89. The number of hydroxylamine groups is 1. The molecule has 106 valence electrons. The molecule has 0 saturated heterocycles. The zero-order valence-electron chi connectivity index (χ0n) is 10.7. The van der Waals surface area contributed by atoms with Gasteiger partial charge in [0, 0.05) is 7.11 Å². The van der Waals surface area contributed by atoms with Gasteiger partial charge in [-0.2, -0.15) is 0 Å². The van der Waals surface area contributed by atoms with E-state index in [1.54, 1.807) is 12.1 Å². The fraction of sp³-hybridized carbons (Fsp3) is 0.364. The predicted octanol–water partition coefficient (Wildman–Crippen LogP) is 0.561. The molecule has 1 rings (SSSR count). The van der Waals surface area contributed by atoms with E-state index >= 15 is 0 Å². The summed E-state index contributed by atoms with van der Waals surface area (Å²) in [7, 11) is -2.41. The van der Waals surface area contributed by atoms with Gasteiger partial charge in [0.05, 0.1) is 18.1 Å². The molecule has 1 aromatic rings. The Balaban J connectivity index is 2.55. The topological polar surface area (TPSA) is 93.7 Å². The van der Waals surface area contributed by atoms with Crippen LogP contribution < -0.4 is 10.2 Å². The average Bonchev–Trinajstić information content (AvgIpc) is 2.34. The van der Waals surface area contributed by atoms with Crippen LogP contribution in [0.2, 0.25) is 0 Å². The molecule has 0 aliphatic carbocycles. The number of carbonyl (C=O) groups excluding carboxylic acids is 1. The van der Waals surface area contributed by atoms with Crippen molar-refractivity contribution < 1.29 is 22.8 Å². The second-order valence-corrected chi connectivity index (χ2v) is 5.37. The Morgan fingerprint density at radius 1 is 1.21 bits per heavy atom. The van der Waals surface area contributed by atoms with Crippen molar-refractivity contribution in [2.24, 2.45) is 0 Å². The quantitative estimate of drug-likeness (QED) is 0.589. The largest absolute Gasteiger partial charge is 0.382 e. The smallest absolute Gasteiger partial charge is 0.352 e. The Hall–Kier alpha value is -1.64. The van der Waals surface area contributed by atoms with Crippen LogP contribution in [0.15, 0.2) is 29.2 Å². The monoisotopic (exact) mass is 288 g/mol. The molecule has 0 saturated carbocycles. The second-order valence-electron chi connectivity index (χ2n) is 3.69. The fourth-order valence-corrected chi connectivity index (χ4v) is 2.06. The molecular weight excluding hydrogens is 272 g/mol. The Morgan fingerprint density at radius 3 is 2.42 bits per heavy atom. The van der Waals surface area contributed by atoms with Crippen LogP contribution in [0.4, 0.5) is 4.79 Å². The number of ether oxygens (including phenoxy) is 1. The summed E-state index contributed by atoms with van der Waals surface area (Å²) in [6, 6.07) is 5.15. The van der Waals surface area contributed by atoms with Crippen molar-refractivity contribution in [2.75, 3.05) is 20.3 Å². The van der Waals surface area contributed by atoms with Crippen molar-refractivity contribution in [3.63, 3.8) is 0 Å². The summed E-state index contributed by atoms with van der Waals surface area (Å²) in [6.07, 6.45) is 0. The minimum Gasteiger partial charge on any atom is -0.382 e. The molecule has 0 unspecified atom stereocenters. The number of hydrogen-bond donors (Lipinski definition) is 2. The maximum absolute atomic E-state index is 11.8. The number of nitrogens with one attached hydrogen (secondary N) is 2. The molecule has 0 radical (unpaired) electrons. The number of rotatable bonds is 6. The van der Waals surface area contributed by atoms with E-state index in [-0.39, 0.29) is 18.1 Å². The first kappa shape index (κ1) is 15.4. The number of amides is 2. The summed E-state index contributed by atoms with van der Waals surface area (Å²) in [5.41, 5.74) is 2.87. The van der Waals surface area contributed by atoms with Crippen molar-refractivity contribution in [3.05, 3.63) is 29.8 Å². The summed E-state index contributed by atoms with van der Waals surface area (Å²) in [5.74, 6) is 0. The van der Waals surface area contributed by atoms with E-state index in [2.05, 4.69) is 4.84 Å². The van der Waals surface area contributed by atoms with Crippen molar-refractivity contribution in [1.82, 2.24) is 10.2 Å². The Bertz CT molecular complexity index is 512. The molecule has 8 heteroatoms. The summed E-state index contributed by atoms with van der Waals surface area (Å²) in [5, 5.41) is 0. The number of aryl methyl sites for hydroxylation is 1. The predicted molar refractivity (Wildman–Crippen MR) is 67.9 cm³/mol. The van der Waals surface area contributed by atoms with Crippen LogP contribution in [-0.4, -0.2) is 34.8 Å². The van der Waals surface area contributed by atoms with Gasteiger partial charge in [-0.15, -0.1) is 0 Å². The van der Waals surface area contributed by atoms with Gasteiger partial charge < -0.3 is 4.74 Å². The third-order valence-electron chi connectivity index (χ3n) is 2.11. The van der Waals surface area contributed by atoms with Gasteiger partial charge in [0.1, 0.15) is 0 Å². The number of methoxy groups -OCH3 is 1. The fourth-order valence-electron chi connectivity index (χ4n) is 1.16. The second kappa shape index (κ2) is 7.07. The molecule has 0 heterocycles. The normalized spacial score (nSPS) is 11.1. The lowest BCUT2D eigenvalue weighted by Crippen LogP contribution is -2.39. The molecule has 2 amide bonds. The van der Waals surface area contributed by atoms with Crippen LogP contribution in [0, 0.1) is 6.92 Å². The SMILES string of the molecule is COCCONC(=O)NS(=O)(=O)c1ccc(C)cc1. The van der Waals surface area contributed by atoms with Crippen LogP contribution in [0.5, 0.6) is 0 Å². The van der Waals surface area contributed by atoms with Crippen LogP contribution in [0.3, 0.4) is 0 Å². The lowest BCUT2D eigenvalue weighted by molar-refractivity contribution is 0.0254. The molecule has 0 aliphatic rings. The summed E-state index contributed by atoms with van der Waals surface area (Å²) in [6.45, 7) is 2.24. The van der Waals surface area contributed by atoms with E-state index < -0.39 is 16.1 Å². The summed E-state index contributed by atoms with van der Waals surface area (Å²) < 4.78 is 30.1. The molecule has 1 aromatic carbocycles. The Labute approximate surface area is 111 Å². The van der Waals surface area contributed by atoms with Gasteiger partial charge in [-0.1, -0.05) is 17.7 Å². The summed E-state index contributed by atoms with van der Waals surface area (Å²) >= 11 is 0. The highest BCUT2D eigenvalue weighted by Crippen LogP contribution is 2.09. The number of carbonyl (C=O) groups is 1. The first-order chi connectivity index (χ1) is 8.95. The molecule has 19 heavy (non-hydrogen) atoms. The molecule has 0 aromatic heterocycles. The van der Waals surface area contributed by atoms with Gasteiger partial charge in [0.25, 0.3) is 10.0 Å². The number of benzene rings is 1. The lowest BCUT2D eigenvalue weighted by Gasteiger charge is -2.08. The van der Waals surface area contributed by atoms with E-state index in [1.165, 1.54) is 19.2 Å². The van der Waals surface area contributed by atoms with Gasteiger partial charge in [0.2, 0.25) is 0 Å². The standard InChI is InChI=1S/C11H16N2O5S/c1-9-3-5-10(6-4-9)19(15,16)13-11(14)12-18-8-7-17-2/h3-6H,7-8H2,1-2H3,(H2,12,13,14). The molecule has 0 spiro atoms. The zero-order chi connectivity index (χ0) is 14.3. The number of hydrogen-bond acceptors (Lipinski definition) is 5. The number of urea groups is 1. The van der Waals surface area contributed by atoms with Gasteiger partial charge in [-0.05, 0) is 19.1 Å². The molecule has 2 N–H and O–H groups in total. The molecule has 0 atom stereocenters. The maximum atomic E-state index is 11.8. The van der Waals surface area contributed by atoms with E-state index in [1.807, 2.05) is 17.1 Å². The molecular formula is C11H16N2O5S. The van der Waals surface area contributed by atoms with Crippen molar-refractivity contribution >= 4 is 16.1 Å². The number of sulfonamides is 1. The molecule has 0 bridgehead atoms. The van der Waals surface area contributed by atoms with Crippen molar-refractivity contribution in [3.8, 4) is 0 Å². The first-order valence-corrected chi connectivity index (χ1v) is 6.94. The highest BCUT2D eigenvalue weighted by molar-refractivity contribution is 7.90. The Morgan fingerprint density at radius 2 is 1.84 bits per heavy atom. The van der Waals surface area contributed by atoms with Crippen LogP contribution in [0.1, 0.15) is 5.56 Å². The van der Waals surface area contributed by atoms with Gasteiger partial charge in [-0.25, -0.2) is 23.4 Å². The van der Waals surface area contributed by atoms with E-state index in [9.17, 15) is 13.2 Å². The first-order valence-electron chi connectivity index (χ1n) is 5.46. The third-order valence-corrected chi connectivity index (χ3v) is 3.46. The summed E-state index contributed by atoms with van der Waals surface area (Å²) in [4.78, 5) is 16.0. The van der Waals surface area contributed by atoms with Crippen LogP contribution >= 0.6 is 0 Å². The Kier molecular flexibility index (Phi) is 5.74. The maximum Gasteiger partial charge on any atom is 0.352 e. The molecule has 0 fully saturated rings. The third kappa shape index (κ3) is 5.25.